The zero-order chi connectivity index (χ0) is 19.4. The second-order valence-corrected chi connectivity index (χ2v) is 6.25. The van der Waals surface area contributed by atoms with Crippen LogP contribution >= 0.6 is 11.6 Å². The first-order valence-electron chi connectivity index (χ1n) is 8.42. The summed E-state index contributed by atoms with van der Waals surface area (Å²) >= 11 is 5.94. The first kappa shape index (κ1) is 18.8. The van der Waals surface area contributed by atoms with Gasteiger partial charge < -0.3 is 19.4 Å². The van der Waals surface area contributed by atoms with Crippen molar-refractivity contribution >= 4 is 40.1 Å². The number of carbonyl (C=O) groups is 2. The van der Waals surface area contributed by atoms with Gasteiger partial charge in [0.1, 0.15) is 5.75 Å². The van der Waals surface area contributed by atoms with Gasteiger partial charge in [0.2, 0.25) is 0 Å². The average Bonchev–Trinajstić information content (AvgIpc) is 3.05. The standard InChI is InChI=1S/C20H19ClN2O4/c1-3-23-11-15(14-6-4-5-7-17(14)23)20(25)27-12-19(24)22-16-10-13(21)8-9-18(16)26-2/h4-11H,3,12H2,1-2H3,(H,22,24). The van der Waals surface area contributed by atoms with E-state index in [0.29, 0.717) is 22.0 Å². The van der Waals surface area contributed by atoms with Gasteiger partial charge >= 0.3 is 5.97 Å². The van der Waals surface area contributed by atoms with Crippen molar-refractivity contribution in [2.45, 2.75) is 13.5 Å². The summed E-state index contributed by atoms with van der Waals surface area (Å²) in [6, 6.07) is 12.4. The summed E-state index contributed by atoms with van der Waals surface area (Å²) in [7, 11) is 1.49. The molecular formula is C20H19ClN2O4. The number of fused-ring (bicyclic) bond motifs is 1. The first-order chi connectivity index (χ1) is 13.0. The van der Waals surface area contributed by atoms with Crippen LogP contribution in [0.1, 0.15) is 17.3 Å². The second kappa shape index (κ2) is 8.14. The van der Waals surface area contributed by atoms with Crippen LogP contribution in [0.4, 0.5) is 5.69 Å². The number of methoxy groups -OCH3 is 1. The van der Waals surface area contributed by atoms with Crippen LogP contribution in [-0.4, -0.2) is 30.2 Å². The molecule has 27 heavy (non-hydrogen) atoms. The van der Waals surface area contributed by atoms with Gasteiger partial charge in [0.15, 0.2) is 6.61 Å². The minimum Gasteiger partial charge on any atom is -0.495 e. The van der Waals surface area contributed by atoms with Crippen molar-refractivity contribution in [3.05, 3.63) is 59.2 Å². The van der Waals surface area contributed by atoms with Crippen molar-refractivity contribution in [2.75, 3.05) is 19.0 Å². The molecular weight excluding hydrogens is 368 g/mol. The van der Waals surface area contributed by atoms with Gasteiger partial charge in [-0.2, -0.15) is 0 Å². The fourth-order valence-corrected chi connectivity index (χ4v) is 3.02. The van der Waals surface area contributed by atoms with E-state index in [-0.39, 0.29) is 0 Å². The number of aryl methyl sites for hydroxylation is 1. The maximum atomic E-state index is 12.5. The van der Waals surface area contributed by atoms with Gasteiger partial charge in [-0.3, -0.25) is 4.79 Å². The molecule has 0 aliphatic carbocycles. The maximum Gasteiger partial charge on any atom is 0.340 e. The highest BCUT2D eigenvalue weighted by Gasteiger charge is 2.17. The number of hydrogen-bond donors (Lipinski definition) is 1. The van der Waals surface area contributed by atoms with Crippen molar-refractivity contribution in [2.24, 2.45) is 0 Å². The molecule has 0 saturated heterocycles. The van der Waals surface area contributed by atoms with Crippen molar-refractivity contribution < 1.29 is 19.1 Å². The largest absolute Gasteiger partial charge is 0.495 e. The van der Waals surface area contributed by atoms with Crippen molar-refractivity contribution in [1.29, 1.82) is 0 Å². The molecule has 3 aromatic rings. The number of para-hydroxylation sites is 1. The number of halogens is 1. The molecule has 0 atom stereocenters. The SMILES string of the molecule is CCn1cc(C(=O)OCC(=O)Nc2cc(Cl)ccc2OC)c2ccccc21. The fraction of sp³-hybridized carbons (Fsp3) is 0.200. The van der Waals surface area contributed by atoms with E-state index in [1.54, 1.807) is 24.4 Å². The minimum atomic E-state index is -0.549. The molecule has 6 nitrogen and oxygen atoms in total. The number of ether oxygens (including phenoxy) is 2. The number of benzene rings is 2. The van der Waals surface area contributed by atoms with Gasteiger partial charge in [-0.05, 0) is 31.2 Å². The van der Waals surface area contributed by atoms with Crippen LogP contribution in [0.15, 0.2) is 48.7 Å². The lowest BCUT2D eigenvalue weighted by Crippen LogP contribution is -2.21. The third-order valence-electron chi connectivity index (χ3n) is 4.12. The Kier molecular flexibility index (Phi) is 5.66. The summed E-state index contributed by atoms with van der Waals surface area (Å²) in [5.74, 6) is -0.570. The highest BCUT2D eigenvalue weighted by atomic mass is 35.5. The van der Waals surface area contributed by atoms with Crippen LogP contribution in [0.25, 0.3) is 10.9 Å². The van der Waals surface area contributed by atoms with Crippen LogP contribution in [0, 0.1) is 0 Å². The zero-order valence-electron chi connectivity index (χ0n) is 15.0. The van der Waals surface area contributed by atoms with E-state index >= 15 is 0 Å². The predicted octanol–water partition coefficient (Wildman–Crippen LogP) is 4.12. The van der Waals surface area contributed by atoms with Gasteiger partial charge in [-0.25, -0.2) is 4.79 Å². The van der Waals surface area contributed by atoms with Gasteiger partial charge in [0.25, 0.3) is 5.91 Å². The van der Waals surface area contributed by atoms with E-state index in [9.17, 15) is 9.59 Å². The van der Waals surface area contributed by atoms with E-state index in [0.717, 1.165) is 17.4 Å². The van der Waals surface area contributed by atoms with E-state index in [1.807, 2.05) is 35.8 Å². The van der Waals surface area contributed by atoms with Crippen LogP contribution in [-0.2, 0) is 16.1 Å². The Balaban J connectivity index is 1.69. The van der Waals surface area contributed by atoms with Gasteiger partial charge in [0.05, 0.1) is 18.4 Å². The molecule has 7 heteroatoms. The number of anilines is 1. The van der Waals surface area contributed by atoms with E-state index in [2.05, 4.69) is 5.32 Å². The quantitative estimate of drug-likeness (QED) is 0.647. The number of hydrogen-bond acceptors (Lipinski definition) is 4. The molecule has 0 saturated carbocycles. The Morgan fingerprint density at radius 2 is 1.96 bits per heavy atom. The molecule has 0 aliphatic heterocycles. The summed E-state index contributed by atoms with van der Waals surface area (Å²) in [6.45, 7) is 2.30. The number of amides is 1. The van der Waals surface area contributed by atoms with E-state index in [4.69, 9.17) is 21.1 Å². The number of aromatic nitrogens is 1. The van der Waals surface area contributed by atoms with Crippen molar-refractivity contribution in [3.8, 4) is 5.75 Å². The Morgan fingerprint density at radius 3 is 2.70 bits per heavy atom. The molecule has 0 aliphatic rings. The number of carbonyl (C=O) groups excluding carboxylic acids is 2. The van der Waals surface area contributed by atoms with Gasteiger partial charge in [-0.1, -0.05) is 29.8 Å². The second-order valence-electron chi connectivity index (χ2n) is 5.81. The normalized spacial score (nSPS) is 10.6. The number of rotatable bonds is 6. The molecule has 0 radical (unpaired) electrons. The molecule has 0 fully saturated rings. The number of esters is 1. The minimum absolute atomic E-state index is 0.411. The summed E-state index contributed by atoms with van der Waals surface area (Å²) in [5, 5.41) is 3.88. The van der Waals surface area contributed by atoms with Crippen molar-refractivity contribution in [1.82, 2.24) is 4.57 Å². The van der Waals surface area contributed by atoms with Crippen LogP contribution in [0.2, 0.25) is 5.02 Å². The number of nitrogens with zero attached hydrogens (tertiary/aromatic N) is 1. The summed E-state index contributed by atoms with van der Waals surface area (Å²) in [5.41, 5.74) is 1.79. The van der Waals surface area contributed by atoms with E-state index < -0.39 is 18.5 Å². The fourth-order valence-electron chi connectivity index (χ4n) is 2.84. The lowest BCUT2D eigenvalue weighted by molar-refractivity contribution is -0.119. The Hall–Kier alpha value is -2.99. The highest BCUT2D eigenvalue weighted by molar-refractivity contribution is 6.31. The first-order valence-corrected chi connectivity index (χ1v) is 8.79. The van der Waals surface area contributed by atoms with Crippen molar-refractivity contribution in [3.63, 3.8) is 0 Å². The summed E-state index contributed by atoms with van der Waals surface area (Å²) in [6.07, 6.45) is 1.74. The molecule has 1 amide bonds. The smallest absolute Gasteiger partial charge is 0.340 e. The topological polar surface area (TPSA) is 69.6 Å². The summed E-state index contributed by atoms with van der Waals surface area (Å²) in [4.78, 5) is 24.6. The number of nitrogens with one attached hydrogen (secondary N) is 1. The molecule has 140 valence electrons. The molecule has 1 aromatic heterocycles. The molecule has 0 bridgehead atoms. The van der Waals surface area contributed by atoms with Gasteiger partial charge in [-0.15, -0.1) is 0 Å². The highest BCUT2D eigenvalue weighted by Crippen LogP contribution is 2.27. The lowest BCUT2D eigenvalue weighted by atomic mass is 10.2. The third-order valence-corrected chi connectivity index (χ3v) is 4.35. The Morgan fingerprint density at radius 1 is 1.19 bits per heavy atom. The third kappa shape index (κ3) is 4.06. The molecule has 2 aromatic carbocycles. The average molecular weight is 387 g/mol. The molecule has 1 N–H and O–H groups in total. The summed E-state index contributed by atoms with van der Waals surface area (Å²) < 4.78 is 12.3. The molecule has 3 rings (SSSR count). The maximum absolute atomic E-state index is 12.5. The van der Waals surface area contributed by atoms with Crippen LogP contribution < -0.4 is 10.1 Å². The van der Waals surface area contributed by atoms with Gasteiger partial charge in [0, 0.05) is 28.7 Å². The molecule has 0 spiro atoms. The Labute approximate surface area is 161 Å². The van der Waals surface area contributed by atoms with E-state index in [1.165, 1.54) is 7.11 Å². The zero-order valence-corrected chi connectivity index (χ0v) is 15.7. The lowest BCUT2D eigenvalue weighted by Gasteiger charge is -2.10. The Bertz CT molecular complexity index is 997. The monoisotopic (exact) mass is 386 g/mol. The molecule has 1 heterocycles. The van der Waals surface area contributed by atoms with Crippen LogP contribution in [0.3, 0.4) is 0 Å². The predicted molar refractivity (Wildman–Crippen MR) is 105 cm³/mol. The van der Waals surface area contributed by atoms with Crippen LogP contribution in [0.5, 0.6) is 5.75 Å². The molecule has 0 unspecified atom stereocenters.